The molecule has 5 nitrogen and oxygen atoms in total. The van der Waals surface area contributed by atoms with E-state index in [-0.39, 0.29) is 17.3 Å². The van der Waals surface area contributed by atoms with Crippen LogP contribution in [0.5, 0.6) is 12.0 Å². The van der Waals surface area contributed by atoms with E-state index >= 15 is 0 Å². The van der Waals surface area contributed by atoms with Gasteiger partial charge >= 0.3 is 12.0 Å². The van der Waals surface area contributed by atoms with Crippen LogP contribution in [0.15, 0.2) is 12.7 Å². The zero-order valence-electron chi connectivity index (χ0n) is 7.03. The first kappa shape index (κ1) is 9.73. The molecule has 0 aromatic carbocycles. The highest BCUT2D eigenvalue weighted by Crippen LogP contribution is 2.12. The maximum absolute atomic E-state index is 5.56. The number of hydrogen-bond donors (Lipinski definition) is 0. The normalized spacial score (nSPS) is 9.38. The van der Waals surface area contributed by atoms with Gasteiger partial charge in [0.15, 0.2) is 0 Å². The third kappa shape index (κ3) is 2.87. The molecule has 1 rings (SSSR count). The van der Waals surface area contributed by atoms with Gasteiger partial charge in [0, 0.05) is 0 Å². The third-order valence-electron chi connectivity index (χ3n) is 1.08. The van der Waals surface area contributed by atoms with E-state index < -0.39 is 0 Å². The minimum Gasteiger partial charge on any atom is -0.467 e. The average Bonchev–Trinajstić information content (AvgIpc) is 2.14. The van der Waals surface area contributed by atoms with Crippen LogP contribution in [0.3, 0.4) is 0 Å². The van der Waals surface area contributed by atoms with Crippen molar-refractivity contribution >= 4 is 11.6 Å². The summed E-state index contributed by atoms with van der Waals surface area (Å²) >= 11 is 5.56. The van der Waals surface area contributed by atoms with Crippen molar-refractivity contribution in [2.24, 2.45) is 0 Å². The number of hydrogen-bond acceptors (Lipinski definition) is 5. The lowest BCUT2D eigenvalue weighted by molar-refractivity contribution is 0.312. The zero-order chi connectivity index (χ0) is 9.68. The van der Waals surface area contributed by atoms with Gasteiger partial charge in [-0.2, -0.15) is 9.97 Å². The van der Waals surface area contributed by atoms with Crippen molar-refractivity contribution in [1.29, 1.82) is 0 Å². The molecule has 0 fully saturated rings. The Morgan fingerprint density at radius 3 is 2.69 bits per heavy atom. The van der Waals surface area contributed by atoms with Crippen LogP contribution < -0.4 is 9.47 Å². The van der Waals surface area contributed by atoms with E-state index in [4.69, 9.17) is 21.1 Å². The second-order valence-corrected chi connectivity index (χ2v) is 2.31. The van der Waals surface area contributed by atoms with Gasteiger partial charge in [0.2, 0.25) is 5.28 Å². The number of rotatable bonds is 4. The van der Waals surface area contributed by atoms with Gasteiger partial charge in [0.1, 0.15) is 6.61 Å². The Morgan fingerprint density at radius 1 is 1.38 bits per heavy atom. The maximum atomic E-state index is 5.56. The number of ether oxygens (including phenoxy) is 2. The molecule has 0 N–H and O–H groups in total. The molecule has 0 saturated heterocycles. The van der Waals surface area contributed by atoms with Gasteiger partial charge in [-0.05, 0) is 11.6 Å². The molecule has 0 atom stereocenters. The van der Waals surface area contributed by atoms with Gasteiger partial charge in [0.05, 0.1) is 7.11 Å². The summed E-state index contributed by atoms with van der Waals surface area (Å²) in [7, 11) is 1.43. The molecular formula is C7H8ClN3O2. The van der Waals surface area contributed by atoms with Crippen molar-refractivity contribution in [3.63, 3.8) is 0 Å². The molecule has 0 radical (unpaired) electrons. The maximum Gasteiger partial charge on any atom is 0.324 e. The summed E-state index contributed by atoms with van der Waals surface area (Å²) in [4.78, 5) is 11.2. The Bertz CT molecular complexity index is 306. The van der Waals surface area contributed by atoms with Crippen LogP contribution in [-0.2, 0) is 0 Å². The number of nitrogens with zero attached hydrogens (tertiary/aromatic N) is 3. The average molecular weight is 202 g/mol. The van der Waals surface area contributed by atoms with Gasteiger partial charge in [-0.3, -0.25) is 0 Å². The minimum atomic E-state index is 0.0333. The van der Waals surface area contributed by atoms with Crippen LogP contribution in [-0.4, -0.2) is 28.7 Å². The largest absolute Gasteiger partial charge is 0.467 e. The summed E-state index contributed by atoms with van der Waals surface area (Å²) in [5.41, 5.74) is 0. The highest BCUT2D eigenvalue weighted by molar-refractivity contribution is 6.28. The van der Waals surface area contributed by atoms with E-state index in [9.17, 15) is 0 Å². The molecule has 0 aliphatic carbocycles. The molecule has 6 heteroatoms. The molecule has 1 aromatic heterocycles. The van der Waals surface area contributed by atoms with Gasteiger partial charge in [-0.1, -0.05) is 12.7 Å². The lowest BCUT2D eigenvalue weighted by Crippen LogP contribution is -2.02. The first-order valence-electron chi connectivity index (χ1n) is 3.45. The highest BCUT2D eigenvalue weighted by atomic mass is 35.5. The quantitative estimate of drug-likeness (QED) is 0.683. The van der Waals surface area contributed by atoms with Gasteiger partial charge < -0.3 is 9.47 Å². The molecule has 1 heterocycles. The van der Waals surface area contributed by atoms with Crippen LogP contribution in [0, 0.1) is 0 Å². The monoisotopic (exact) mass is 201 g/mol. The summed E-state index contributed by atoms with van der Waals surface area (Å²) in [6.07, 6.45) is 1.57. The number of aromatic nitrogens is 3. The Hall–Kier alpha value is -1.36. The molecule has 0 amide bonds. The molecule has 1 aromatic rings. The predicted octanol–water partition coefficient (Wildman–Crippen LogP) is 1.10. The number of halogens is 1. The van der Waals surface area contributed by atoms with Crippen LogP contribution in [0.2, 0.25) is 5.28 Å². The molecule has 70 valence electrons. The van der Waals surface area contributed by atoms with E-state index in [0.29, 0.717) is 6.61 Å². The highest BCUT2D eigenvalue weighted by Gasteiger charge is 2.04. The van der Waals surface area contributed by atoms with Gasteiger partial charge in [0.25, 0.3) is 0 Å². The standard InChI is InChI=1S/C7H8ClN3O2/c1-3-4-13-7-10-5(8)9-6(11-7)12-2/h3H,1,4H2,2H3. The summed E-state index contributed by atoms with van der Waals surface area (Å²) in [5, 5.41) is 0.0333. The molecule has 13 heavy (non-hydrogen) atoms. The fourth-order valence-electron chi connectivity index (χ4n) is 0.604. The molecule has 0 saturated carbocycles. The SMILES string of the molecule is C=CCOc1nc(Cl)nc(OC)n1. The lowest BCUT2D eigenvalue weighted by atomic mass is 10.7. The minimum absolute atomic E-state index is 0.0333. The van der Waals surface area contributed by atoms with Crippen LogP contribution >= 0.6 is 11.6 Å². The molecule has 0 spiro atoms. The fraction of sp³-hybridized carbons (Fsp3) is 0.286. The van der Waals surface area contributed by atoms with Crippen LogP contribution in [0.25, 0.3) is 0 Å². The van der Waals surface area contributed by atoms with Crippen molar-refractivity contribution in [3.05, 3.63) is 17.9 Å². The van der Waals surface area contributed by atoms with Crippen molar-refractivity contribution in [2.45, 2.75) is 0 Å². The Balaban J connectivity index is 2.81. The molecule has 0 bridgehead atoms. The third-order valence-corrected chi connectivity index (χ3v) is 1.25. The van der Waals surface area contributed by atoms with E-state index in [1.54, 1.807) is 6.08 Å². The Morgan fingerprint density at radius 2 is 2.08 bits per heavy atom. The van der Waals surface area contributed by atoms with Crippen molar-refractivity contribution < 1.29 is 9.47 Å². The van der Waals surface area contributed by atoms with Crippen molar-refractivity contribution in [1.82, 2.24) is 15.0 Å². The molecular weight excluding hydrogens is 194 g/mol. The van der Waals surface area contributed by atoms with E-state index in [0.717, 1.165) is 0 Å². The van der Waals surface area contributed by atoms with Crippen molar-refractivity contribution in [3.8, 4) is 12.0 Å². The molecule has 0 aliphatic heterocycles. The predicted molar refractivity (Wildman–Crippen MR) is 47.1 cm³/mol. The summed E-state index contributed by atoms with van der Waals surface area (Å²) < 4.78 is 9.80. The Labute approximate surface area is 80.4 Å². The topological polar surface area (TPSA) is 57.1 Å². The van der Waals surface area contributed by atoms with E-state index in [1.807, 2.05) is 0 Å². The van der Waals surface area contributed by atoms with E-state index in [1.165, 1.54) is 7.11 Å². The lowest BCUT2D eigenvalue weighted by Gasteiger charge is -2.02. The fourth-order valence-corrected chi connectivity index (χ4v) is 0.749. The van der Waals surface area contributed by atoms with Crippen molar-refractivity contribution in [2.75, 3.05) is 13.7 Å². The number of methoxy groups -OCH3 is 1. The summed E-state index contributed by atoms with van der Waals surface area (Å²) in [6.45, 7) is 3.79. The van der Waals surface area contributed by atoms with Gasteiger partial charge in [-0.25, -0.2) is 0 Å². The summed E-state index contributed by atoms with van der Waals surface area (Å²) in [5.74, 6) is 0. The van der Waals surface area contributed by atoms with Gasteiger partial charge in [-0.15, -0.1) is 4.98 Å². The van der Waals surface area contributed by atoms with Crippen LogP contribution in [0.4, 0.5) is 0 Å². The first-order valence-corrected chi connectivity index (χ1v) is 3.83. The zero-order valence-corrected chi connectivity index (χ0v) is 7.78. The second kappa shape index (κ2) is 4.61. The molecule has 0 aliphatic rings. The second-order valence-electron chi connectivity index (χ2n) is 1.97. The smallest absolute Gasteiger partial charge is 0.324 e. The summed E-state index contributed by atoms with van der Waals surface area (Å²) in [6, 6.07) is 0.246. The molecule has 0 unspecified atom stereocenters. The first-order chi connectivity index (χ1) is 6.26. The Kier molecular flexibility index (Phi) is 3.45. The van der Waals surface area contributed by atoms with E-state index in [2.05, 4.69) is 21.5 Å². The van der Waals surface area contributed by atoms with Crippen LogP contribution in [0.1, 0.15) is 0 Å².